The van der Waals surface area contributed by atoms with Crippen LogP contribution in [0.1, 0.15) is 26.7 Å². The number of sulfone groups is 1. The van der Waals surface area contributed by atoms with Crippen LogP contribution in [0.5, 0.6) is 0 Å². The third-order valence-corrected chi connectivity index (χ3v) is 3.66. The molecule has 0 aliphatic carbocycles. The van der Waals surface area contributed by atoms with E-state index < -0.39 is 9.84 Å². The molecule has 1 atom stereocenters. The second-order valence-corrected chi connectivity index (χ2v) is 7.64. The minimum absolute atomic E-state index is 0.0800. The van der Waals surface area contributed by atoms with Gasteiger partial charge >= 0.3 is 0 Å². The predicted molar refractivity (Wildman–Crippen MR) is 86.1 cm³/mol. The van der Waals surface area contributed by atoms with Crippen molar-refractivity contribution in [2.24, 2.45) is 4.99 Å². The summed E-state index contributed by atoms with van der Waals surface area (Å²) in [6.45, 7) is 6.53. The Bertz CT molecular complexity index is 380. The lowest BCUT2D eigenvalue weighted by Gasteiger charge is -2.17. The molecule has 0 fully saturated rings. The Kier molecular flexibility index (Phi) is 9.58. The first kappa shape index (κ1) is 19.2. The van der Waals surface area contributed by atoms with E-state index in [0.29, 0.717) is 6.42 Å². The van der Waals surface area contributed by atoms with Crippen molar-refractivity contribution < 1.29 is 8.42 Å². The Labute approximate surface area is 123 Å². The highest BCUT2D eigenvalue weighted by molar-refractivity contribution is 7.90. The molecule has 7 heteroatoms. The highest BCUT2D eigenvalue weighted by Crippen LogP contribution is 1.95. The van der Waals surface area contributed by atoms with Crippen molar-refractivity contribution in [2.45, 2.75) is 32.7 Å². The molecule has 0 rings (SSSR count). The average Bonchev–Trinajstić information content (AvgIpc) is 2.31. The SMILES string of the molecule is CCNC(=NCCCN(C)C)NC(C)CCS(C)(=O)=O. The highest BCUT2D eigenvalue weighted by atomic mass is 32.2. The third kappa shape index (κ3) is 12.2. The van der Waals surface area contributed by atoms with Gasteiger partial charge in [0.25, 0.3) is 0 Å². The summed E-state index contributed by atoms with van der Waals surface area (Å²) in [6.07, 6.45) is 2.85. The van der Waals surface area contributed by atoms with Crippen LogP contribution in [0, 0.1) is 0 Å². The van der Waals surface area contributed by atoms with Crippen LogP contribution in [0.25, 0.3) is 0 Å². The van der Waals surface area contributed by atoms with Gasteiger partial charge in [0.05, 0.1) is 5.75 Å². The molecule has 0 spiro atoms. The number of hydrogen-bond donors (Lipinski definition) is 2. The number of hydrogen-bond acceptors (Lipinski definition) is 4. The molecule has 0 radical (unpaired) electrons. The fourth-order valence-electron chi connectivity index (χ4n) is 1.59. The van der Waals surface area contributed by atoms with Crippen molar-refractivity contribution >= 4 is 15.8 Å². The standard InChI is InChI=1S/C13H30N4O2S/c1-6-14-13(15-9-7-10-17(3)4)16-12(2)8-11-20(5,18)19/h12H,6-11H2,1-5H3,(H2,14,15,16). The summed E-state index contributed by atoms with van der Waals surface area (Å²) in [5.41, 5.74) is 0. The van der Waals surface area contributed by atoms with E-state index in [1.807, 2.05) is 27.9 Å². The van der Waals surface area contributed by atoms with Crippen LogP contribution in [0.15, 0.2) is 4.99 Å². The molecular weight excluding hydrogens is 276 g/mol. The van der Waals surface area contributed by atoms with Crippen LogP contribution in [0.3, 0.4) is 0 Å². The van der Waals surface area contributed by atoms with Crippen molar-refractivity contribution in [3.63, 3.8) is 0 Å². The number of nitrogens with zero attached hydrogens (tertiary/aromatic N) is 2. The van der Waals surface area contributed by atoms with Gasteiger partial charge < -0.3 is 15.5 Å². The van der Waals surface area contributed by atoms with Crippen LogP contribution >= 0.6 is 0 Å². The van der Waals surface area contributed by atoms with E-state index in [2.05, 4.69) is 20.5 Å². The van der Waals surface area contributed by atoms with Gasteiger partial charge in [0.1, 0.15) is 9.84 Å². The molecule has 0 heterocycles. The lowest BCUT2D eigenvalue weighted by molar-refractivity contribution is 0.403. The van der Waals surface area contributed by atoms with Gasteiger partial charge in [-0.05, 0) is 47.3 Å². The quantitative estimate of drug-likeness (QED) is 0.364. The number of nitrogens with one attached hydrogen (secondary N) is 2. The number of guanidine groups is 1. The van der Waals surface area contributed by atoms with Gasteiger partial charge in [0, 0.05) is 25.4 Å². The van der Waals surface area contributed by atoms with Crippen molar-refractivity contribution in [2.75, 3.05) is 45.7 Å². The monoisotopic (exact) mass is 306 g/mol. The summed E-state index contributed by atoms with van der Waals surface area (Å²) in [5, 5.41) is 6.41. The molecule has 0 amide bonds. The molecule has 0 saturated carbocycles. The maximum absolute atomic E-state index is 11.1. The Morgan fingerprint density at radius 2 is 2.00 bits per heavy atom. The molecule has 0 saturated heterocycles. The smallest absolute Gasteiger partial charge is 0.191 e. The molecule has 0 aliphatic heterocycles. The van der Waals surface area contributed by atoms with E-state index in [1.165, 1.54) is 6.26 Å². The molecule has 120 valence electrons. The van der Waals surface area contributed by atoms with Crippen molar-refractivity contribution in [3.8, 4) is 0 Å². The first-order chi connectivity index (χ1) is 9.24. The minimum Gasteiger partial charge on any atom is -0.357 e. The number of aliphatic imine (C=N–C) groups is 1. The van der Waals surface area contributed by atoms with Crippen LogP contribution in [-0.4, -0.2) is 71.1 Å². The highest BCUT2D eigenvalue weighted by Gasteiger charge is 2.09. The zero-order chi connectivity index (χ0) is 15.6. The molecule has 0 aromatic carbocycles. The third-order valence-electron chi connectivity index (χ3n) is 2.68. The summed E-state index contributed by atoms with van der Waals surface area (Å²) in [4.78, 5) is 6.62. The predicted octanol–water partition coefficient (Wildman–Crippen LogP) is 0.316. The Balaban J connectivity index is 4.20. The minimum atomic E-state index is -2.90. The van der Waals surface area contributed by atoms with Crippen LogP contribution < -0.4 is 10.6 Å². The first-order valence-electron chi connectivity index (χ1n) is 7.12. The zero-order valence-corrected chi connectivity index (χ0v) is 14.3. The van der Waals surface area contributed by atoms with Crippen molar-refractivity contribution in [3.05, 3.63) is 0 Å². The topological polar surface area (TPSA) is 73.8 Å². The lowest BCUT2D eigenvalue weighted by Crippen LogP contribution is -2.43. The molecule has 2 N–H and O–H groups in total. The molecular formula is C13H30N4O2S. The van der Waals surface area contributed by atoms with Crippen LogP contribution in [0.2, 0.25) is 0 Å². The second kappa shape index (κ2) is 9.99. The number of rotatable bonds is 9. The molecule has 6 nitrogen and oxygen atoms in total. The van der Waals surface area contributed by atoms with Crippen LogP contribution in [-0.2, 0) is 9.84 Å². The first-order valence-corrected chi connectivity index (χ1v) is 9.18. The van der Waals surface area contributed by atoms with E-state index in [9.17, 15) is 8.42 Å². The molecule has 0 aromatic heterocycles. The van der Waals surface area contributed by atoms with Gasteiger partial charge in [-0.15, -0.1) is 0 Å². The van der Waals surface area contributed by atoms with Gasteiger partial charge in [0.2, 0.25) is 0 Å². The largest absolute Gasteiger partial charge is 0.357 e. The maximum Gasteiger partial charge on any atom is 0.191 e. The van der Waals surface area contributed by atoms with Gasteiger partial charge in [-0.3, -0.25) is 4.99 Å². The maximum atomic E-state index is 11.1. The van der Waals surface area contributed by atoms with E-state index in [1.54, 1.807) is 0 Å². The molecule has 20 heavy (non-hydrogen) atoms. The normalized spacial score (nSPS) is 14.4. The van der Waals surface area contributed by atoms with Crippen LogP contribution in [0.4, 0.5) is 0 Å². The van der Waals surface area contributed by atoms with E-state index >= 15 is 0 Å². The van der Waals surface area contributed by atoms with Gasteiger partial charge in [-0.25, -0.2) is 8.42 Å². The van der Waals surface area contributed by atoms with Gasteiger partial charge in [0.15, 0.2) is 5.96 Å². The van der Waals surface area contributed by atoms with Crippen molar-refractivity contribution in [1.82, 2.24) is 15.5 Å². The molecule has 0 bridgehead atoms. The summed E-state index contributed by atoms with van der Waals surface area (Å²) in [6, 6.07) is 0.0800. The Hall–Kier alpha value is -0.820. The molecule has 1 unspecified atom stereocenters. The van der Waals surface area contributed by atoms with E-state index in [4.69, 9.17) is 0 Å². The fraction of sp³-hybridized carbons (Fsp3) is 0.923. The zero-order valence-electron chi connectivity index (χ0n) is 13.4. The average molecular weight is 306 g/mol. The van der Waals surface area contributed by atoms with Gasteiger partial charge in [-0.2, -0.15) is 0 Å². The van der Waals surface area contributed by atoms with Crippen molar-refractivity contribution in [1.29, 1.82) is 0 Å². The molecule has 0 aromatic rings. The summed E-state index contributed by atoms with van der Waals surface area (Å²) in [7, 11) is 1.18. The summed E-state index contributed by atoms with van der Waals surface area (Å²) >= 11 is 0. The molecule has 0 aliphatic rings. The second-order valence-electron chi connectivity index (χ2n) is 5.38. The summed E-state index contributed by atoms with van der Waals surface area (Å²) in [5.74, 6) is 0.952. The summed E-state index contributed by atoms with van der Waals surface area (Å²) < 4.78 is 22.3. The Morgan fingerprint density at radius 1 is 1.35 bits per heavy atom. The van der Waals surface area contributed by atoms with Gasteiger partial charge in [-0.1, -0.05) is 0 Å². The lowest BCUT2D eigenvalue weighted by atomic mass is 10.3. The Morgan fingerprint density at radius 3 is 2.50 bits per heavy atom. The van der Waals surface area contributed by atoms with E-state index in [-0.39, 0.29) is 11.8 Å². The fourth-order valence-corrected chi connectivity index (χ4v) is 2.38. The van der Waals surface area contributed by atoms with E-state index in [0.717, 1.165) is 32.0 Å².